The zero-order chi connectivity index (χ0) is 29.1. The minimum atomic E-state index is -0.136. The lowest BCUT2D eigenvalue weighted by molar-refractivity contribution is 0.590. The van der Waals surface area contributed by atoms with Crippen LogP contribution >= 0.6 is 11.8 Å². The molecule has 7 rings (SSSR count). The second-order valence-electron chi connectivity index (χ2n) is 12.8. The van der Waals surface area contributed by atoms with E-state index in [0.717, 1.165) is 11.4 Å². The van der Waals surface area contributed by atoms with Crippen molar-refractivity contribution in [3.63, 3.8) is 0 Å². The summed E-state index contributed by atoms with van der Waals surface area (Å²) in [5.74, 6) is 0. The molecule has 2 aliphatic rings. The Labute approximate surface area is 254 Å². The van der Waals surface area contributed by atoms with Crippen LogP contribution in [-0.4, -0.2) is 0 Å². The second-order valence-corrected chi connectivity index (χ2v) is 13.7. The van der Waals surface area contributed by atoms with E-state index in [4.69, 9.17) is 0 Å². The zero-order valence-electron chi connectivity index (χ0n) is 24.9. The number of rotatable bonds is 4. The number of hydrogen-bond acceptors (Lipinski definition) is 3. The van der Waals surface area contributed by atoms with Gasteiger partial charge < -0.3 is 9.80 Å². The maximum Gasteiger partial charge on any atom is 0.0594 e. The number of para-hydroxylation sites is 2. The van der Waals surface area contributed by atoms with Crippen molar-refractivity contribution in [2.45, 2.75) is 50.3 Å². The highest BCUT2D eigenvalue weighted by atomic mass is 32.2. The molecular weight excluding hydrogens is 529 g/mol. The van der Waals surface area contributed by atoms with Crippen LogP contribution in [0.3, 0.4) is 0 Å². The maximum atomic E-state index is 2.41. The van der Waals surface area contributed by atoms with E-state index >= 15 is 0 Å². The Bertz CT molecular complexity index is 1810. The van der Waals surface area contributed by atoms with Gasteiger partial charge >= 0.3 is 0 Å². The molecule has 0 amide bonds. The average Bonchev–Trinajstić information content (AvgIpc) is 3.23. The van der Waals surface area contributed by atoms with Crippen LogP contribution < -0.4 is 9.80 Å². The lowest BCUT2D eigenvalue weighted by atomic mass is 9.82. The van der Waals surface area contributed by atoms with Crippen LogP contribution in [0.1, 0.15) is 51.3 Å². The van der Waals surface area contributed by atoms with Crippen molar-refractivity contribution in [1.82, 2.24) is 0 Å². The summed E-state index contributed by atoms with van der Waals surface area (Å²) in [6, 6.07) is 42.4. The van der Waals surface area contributed by atoms with Crippen LogP contribution in [0.2, 0.25) is 0 Å². The van der Waals surface area contributed by atoms with Crippen LogP contribution in [0.5, 0.6) is 0 Å². The molecule has 0 N–H and O–H groups in total. The van der Waals surface area contributed by atoms with E-state index in [0.29, 0.717) is 0 Å². The minimum Gasteiger partial charge on any atom is -0.316 e. The molecule has 42 heavy (non-hydrogen) atoms. The van der Waals surface area contributed by atoms with Gasteiger partial charge in [-0.25, -0.2) is 0 Å². The molecule has 0 aromatic heterocycles. The van der Waals surface area contributed by atoms with Crippen molar-refractivity contribution < 1.29 is 0 Å². The Morgan fingerprint density at radius 1 is 0.643 bits per heavy atom. The monoisotopic (exact) mass is 564 g/mol. The highest BCUT2D eigenvalue weighted by Gasteiger charge is 2.36. The van der Waals surface area contributed by atoms with Crippen molar-refractivity contribution >= 4 is 40.2 Å². The van der Waals surface area contributed by atoms with Crippen molar-refractivity contribution in [2.24, 2.45) is 0 Å². The fraction of sp³-hybridized carbons (Fsp3) is 0.179. The SMILES string of the molecule is CC(C)(C)c1ccc(N(c2ccccc2)c2ccc3c(c2)C(C)(C)c2cc(N4C=CSc5ccccc54)ccc2-3)cc1. The van der Waals surface area contributed by atoms with Crippen LogP contribution in [0, 0.1) is 0 Å². The summed E-state index contributed by atoms with van der Waals surface area (Å²) in [6.45, 7) is 11.5. The summed E-state index contributed by atoms with van der Waals surface area (Å²) in [4.78, 5) is 5.98. The molecule has 0 radical (unpaired) electrons. The molecule has 1 aliphatic heterocycles. The van der Waals surface area contributed by atoms with Crippen molar-refractivity contribution in [2.75, 3.05) is 9.80 Å². The predicted molar refractivity (Wildman–Crippen MR) is 181 cm³/mol. The Kier molecular flexibility index (Phi) is 6.32. The highest BCUT2D eigenvalue weighted by molar-refractivity contribution is 8.02. The van der Waals surface area contributed by atoms with Crippen LogP contribution in [-0.2, 0) is 10.8 Å². The van der Waals surface area contributed by atoms with E-state index in [1.54, 1.807) is 11.8 Å². The second kappa shape index (κ2) is 9.96. The largest absolute Gasteiger partial charge is 0.316 e. The first-order chi connectivity index (χ1) is 20.2. The van der Waals surface area contributed by atoms with Gasteiger partial charge in [0.15, 0.2) is 0 Å². The van der Waals surface area contributed by atoms with Crippen LogP contribution in [0.25, 0.3) is 11.1 Å². The summed E-state index contributed by atoms with van der Waals surface area (Å²) in [7, 11) is 0. The quantitative estimate of drug-likeness (QED) is 0.214. The number of nitrogens with zero attached hydrogens (tertiary/aromatic N) is 2. The first-order valence-corrected chi connectivity index (χ1v) is 15.6. The Morgan fingerprint density at radius 2 is 1.26 bits per heavy atom. The van der Waals surface area contributed by atoms with Gasteiger partial charge in [-0.3, -0.25) is 0 Å². The molecule has 5 aromatic rings. The predicted octanol–water partition coefficient (Wildman–Crippen LogP) is 11.5. The number of fused-ring (bicyclic) bond motifs is 4. The molecule has 1 aliphatic carbocycles. The summed E-state index contributed by atoms with van der Waals surface area (Å²) in [6.07, 6.45) is 2.19. The van der Waals surface area contributed by atoms with Gasteiger partial charge in [-0.15, -0.1) is 0 Å². The van der Waals surface area contributed by atoms with Gasteiger partial charge in [0.05, 0.1) is 5.69 Å². The third-order valence-corrected chi connectivity index (χ3v) is 9.57. The van der Waals surface area contributed by atoms with Gasteiger partial charge in [-0.05, 0) is 99.3 Å². The zero-order valence-corrected chi connectivity index (χ0v) is 25.7. The maximum absolute atomic E-state index is 2.41. The van der Waals surface area contributed by atoms with E-state index in [2.05, 4.69) is 171 Å². The third kappa shape index (κ3) is 4.44. The Morgan fingerprint density at radius 3 is 2.00 bits per heavy atom. The molecule has 0 bridgehead atoms. The van der Waals surface area contributed by atoms with Crippen molar-refractivity contribution in [1.29, 1.82) is 0 Å². The molecule has 208 valence electrons. The smallest absolute Gasteiger partial charge is 0.0594 e. The first-order valence-electron chi connectivity index (χ1n) is 14.7. The molecule has 1 heterocycles. The molecule has 0 spiro atoms. The summed E-state index contributed by atoms with van der Waals surface area (Å²) in [5, 5.41) is 2.17. The number of hydrogen-bond donors (Lipinski definition) is 0. The summed E-state index contributed by atoms with van der Waals surface area (Å²) < 4.78 is 0. The topological polar surface area (TPSA) is 6.48 Å². The molecule has 0 fully saturated rings. The van der Waals surface area contributed by atoms with Crippen LogP contribution in [0.15, 0.2) is 132 Å². The number of anilines is 5. The standard InChI is InChI=1S/C39H36N2S/c1-38(2,3)27-15-17-29(18-16-27)41(28-11-7-6-8-12-28)31-20-22-33-32-21-19-30(25-34(32)39(4,5)35(33)26-31)40-23-24-42-37-14-10-9-13-36(37)40/h6-26H,1-5H3. The van der Waals surface area contributed by atoms with Gasteiger partial charge in [-0.2, -0.15) is 0 Å². The summed E-state index contributed by atoms with van der Waals surface area (Å²) in [5.41, 5.74) is 12.6. The van der Waals surface area contributed by atoms with E-state index in [9.17, 15) is 0 Å². The van der Waals surface area contributed by atoms with E-state index in [1.165, 1.54) is 49.8 Å². The van der Waals surface area contributed by atoms with E-state index in [1.807, 2.05) is 0 Å². The fourth-order valence-electron chi connectivity index (χ4n) is 6.36. The molecule has 0 unspecified atom stereocenters. The highest BCUT2D eigenvalue weighted by Crippen LogP contribution is 2.52. The number of thioether (sulfide) groups is 1. The molecule has 3 heteroatoms. The van der Waals surface area contributed by atoms with E-state index in [-0.39, 0.29) is 10.8 Å². The van der Waals surface area contributed by atoms with Gasteiger partial charge in [0.2, 0.25) is 0 Å². The van der Waals surface area contributed by atoms with Gasteiger partial charge in [0, 0.05) is 39.3 Å². The minimum absolute atomic E-state index is 0.114. The Hall–Kier alpha value is -4.21. The van der Waals surface area contributed by atoms with Gasteiger partial charge in [0.25, 0.3) is 0 Å². The van der Waals surface area contributed by atoms with Gasteiger partial charge in [-0.1, -0.05) is 101 Å². The Balaban J connectivity index is 1.30. The van der Waals surface area contributed by atoms with Gasteiger partial charge in [0.1, 0.15) is 0 Å². The summed E-state index contributed by atoms with van der Waals surface area (Å²) >= 11 is 1.78. The van der Waals surface area contributed by atoms with E-state index < -0.39 is 0 Å². The normalized spacial score (nSPS) is 14.7. The van der Waals surface area contributed by atoms with Crippen molar-refractivity contribution in [3.8, 4) is 11.1 Å². The molecule has 0 saturated carbocycles. The van der Waals surface area contributed by atoms with Crippen LogP contribution in [0.4, 0.5) is 28.4 Å². The molecule has 0 atom stereocenters. The fourth-order valence-corrected chi connectivity index (χ4v) is 7.14. The van der Waals surface area contributed by atoms with Crippen molar-refractivity contribution in [3.05, 3.63) is 144 Å². The first kappa shape index (κ1) is 26.7. The molecular formula is C39H36N2S. The lowest BCUT2D eigenvalue weighted by Gasteiger charge is -2.29. The third-order valence-electron chi connectivity index (χ3n) is 8.72. The molecule has 5 aromatic carbocycles. The molecule has 0 saturated heterocycles. The average molecular weight is 565 g/mol. The molecule has 2 nitrogen and oxygen atoms in total. The lowest BCUT2D eigenvalue weighted by Crippen LogP contribution is -2.18. The number of benzene rings is 5.